The Bertz CT molecular complexity index is 3440. The van der Waals surface area contributed by atoms with Gasteiger partial charge in [0.05, 0.1) is 14.2 Å². The Morgan fingerprint density at radius 3 is 1.26 bits per heavy atom. The van der Waals surface area contributed by atoms with Crippen LogP contribution >= 0.6 is 45.9 Å². The fraction of sp³-hybridized carbons (Fsp3) is 0.366. The summed E-state index contributed by atoms with van der Waals surface area (Å²) in [7, 11) is 2.85. The van der Waals surface area contributed by atoms with Crippen molar-refractivity contribution in [3.8, 4) is 11.5 Å². The number of phenols is 2. The van der Waals surface area contributed by atoms with E-state index in [0.717, 1.165) is 63.0 Å². The number of carboxylic acid groups (broad SMARTS) is 3. The van der Waals surface area contributed by atoms with Gasteiger partial charge in [0.1, 0.15) is 34.7 Å². The summed E-state index contributed by atoms with van der Waals surface area (Å²) in [5.74, 6) is -4.53. The third kappa shape index (κ3) is 19.1. The number of methoxy groups -OCH3 is 2. The number of hydrogen-bond acceptors (Lipinski definition) is 13. The molecule has 18 heteroatoms. The Balaban J connectivity index is 0.000000172. The van der Waals surface area contributed by atoms with Gasteiger partial charge in [0.25, 0.3) is 0 Å². The molecular formula is C71H80Cl2N2O12S2. The van der Waals surface area contributed by atoms with Gasteiger partial charge in [-0.2, -0.15) is 0 Å². The quantitative estimate of drug-likeness (QED) is 0.0281. The third-order valence-corrected chi connectivity index (χ3v) is 18.9. The Morgan fingerprint density at radius 1 is 0.517 bits per heavy atom. The van der Waals surface area contributed by atoms with E-state index in [-0.39, 0.29) is 29.5 Å². The number of carbonyl (C=O) groups excluding carboxylic acids is 2. The number of nitrogens with zero attached hydrogens (tertiary/aromatic N) is 2. The molecule has 0 spiro atoms. The number of carboxylic acids is 3. The molecule has 2 aliphatic rings. The van der Waals surface area contributed by atoms with E-state index in [1.807, 2.05) is 48.5 Å². The van der Waals surface area contributed by atoms with E-state index in [9.17, 15) is 44.4 Å². The molecule has 2 aliphatic heterocycles. The van der Waals surface area contributed by atoms with Crippen molar-refractivity contribution >= 4 is 97.3 Å². The van der Waals surface area contributed by atoms with Gasteiger partial charge >= 0.3 is 29.8 Å². The number of carbonyl (C=O) groups is 5. The summed E-state index contributed by atoms with van der Waals surface area (Å²) < 4.78 is 10.0. The van der Waals surface area contributed by atoms with E-state index in [0.29, 0.717) is 49.1 Å². The number of aromatic carboxylic acids is 2. The van der Waals surface area contributed by atoms with Crippen molar-refractivity contribution in [2.45, 2.75) is 141 Å². The van der Waals surface area contributed by atoms with E-state index >= 15 is 0 Å². The second-order valence-electron chi connectivity index (χ2n) is 22.2. The summed E-state index contributed by atoms with van der Waals surface area (Å²) in [4.78, 5) is 65.2. The first-order valence-electron chi connectivity index (χ1n) is 30.4. The second kappa shape index (κ2) is 35.2. The van der Waals surface area contributed by atoms with E-state index in [4.69, 9.17) is 37.8 Å². The van der Waals surface area contributed by atoms with Crippen LogP contribution in [-0.4, -0.2) is 92.5 Å². The SMILES string of the molecule is CCCCCCCCCCCCCCCC(=O)O.COC(=O)[C@H](c1ccccc1Cl)N1CCc2sccc2C1.COC(=O)[C@H](c1ccccc1Cl)N1CCc2sccc2C1.O=C(O)c1cc2ccccc2c(Cc2c(O)c(C(=O)O)cc3ccccc23)c1O. The maximum atomic E-state index is 12.3. The lowest BCUT2D eigenvalue weighted by atomic mass is 9.90. The predicted octanol–water partition coefficient (Wildman–Crippen LogP) is 17.3. The van der Waals surface area contributed by atoms with Gasteiger partial charge in [0.2, 0.25) is 0 Å². The molecule has 5 N–H and O–H groups in total. The van der Waals surface area contributed by atoms with Crippen LogP contribution in [0.4, 0.5) is 0 Å². The van der Waals surface area contributed by atoms with Gasteiger partial charge in [0, 0.05) is 69.9 Å². The highest BCUT2D eigenvalue weighted by Gasteiger charge is 2.34. The molecule has 14 nitrogen and oxygen atoms in total. The molecular weight excluding hydrogens is 1210 g/mol. The largest absolute Gasteiger partial charge is 0.507 e. The molecule has 0 bridgehead atoms. The molecule has 4 heterocycles. The molecule has 472 valence electrons. The summed E-state index contributed by atoms with van der Waals surface area (Å²) in [6, 6.07) is 35.1. The summed E-state index contributed by atoms with van der Waals surface area (Å²) in [6.45, 7) is 5.43. The molecule has 0 radical (unpaired) electrons. The number of thiophene rings is 2. The first kappa shape index (κ1) is 69.2. The standard InChI is InChI=1S/C23H16O6.2C16H16ClNO2S.C16H32O2/c24-20-16(14-7-3-1-5-12(14)9-18(20)22(26)27)11-17-15-8-4-2-6-13(15)10-19(21(17)25)23(28)29;2*1-20-16(19)15(12-4-2-3-5-13(12)17)18-8-6-14-11(10-18)7-9-21-14;1-2-3-4-5-6-7-8-9-10-11-12-13-14-15-16(17)18/h1-10,24-25H,11H2,(H,26,27)(H,28,29);2*2-5,7,9,15H,6,8,10H2,1H3;2-15H2,1H3,(H,17,18)/t;2*15-;/m.00./s1. The Morgan fingerprint density at radius 2 is 0.888 bits per heavy atom. The maximum Gasteiger partial charge on any atom is 0.339 e. The van der Waals surface area contributed by atoms with Gasteiger partial charge in [-0.15, -0.1) is 22.7 Å². The van der Waals surface area contributed by atoms with E-state index < -0.39 is 41.5 Å². The minimum absolute atomic E-state index is 0.0407. The van der Waals surface area contributed by atoms with E-state index in [2.05, 4.69) is 39.6 Å². The minimum atomic E-state index is -1.28. The van der Waals surface area contributed by atoms with Gasteiger partial charge < -0.3 is 35.0 Å². The molecule has 0 fully saturated rings. The van der Waals surface area contributed by atoms with Crippen molar-refractivity contribution in [3.63, 3.8) is 0 Å². The van der Waals surface area contributed by atoms with Crippen molar-refractivity contribution in [1.82, 2.24) is 9.80 Å². The van der Waals surface area contributed by atoms with E-state index in [1.54, 1.807) is 71.2 Å². The highest BCUT2D eigenvalue weighted by molar-refractivity contribution is 7.10. The molecule has 8 aromatic rings. The number of aromatic hydroxyl groups is 2. The Kier molecular flexibility index (Phi) is 27.3. The Hall–Kier alpha value is -7.31. The average Bonchev–Trinajstić information content (AvgIpc) is 1.92. The summed E-state index contributed by atoms with van der Waals surface area (Å²) in [5, 5.41) is 56.7. The normalized spacial score (nSPS) is 13.4. The molecule has 0 unspecified atom stereocenters. The van der Waals surface area contributed by atoms with Crippen molar-refractivity contribution in [2.24, 2.45) is 0 Å². The Labute approximate surface area is 539 Å². The fourth-order valence-electron chi connectivity index (χ4n) is 11.5. The number of hydrogen-bond donors (Lipinski definition) is 5. The molecule has 89 heavy (non-hydrogen) atoms. The molecule has 6 aromatic carbocycles. The van der Waals surface area contributed by atoms with Gasteiger partial charge in [-0.1, -0.05) is 192 Å². The summed E-state index contributed by atoms with van der Waals surface area (Å²) in [5.41, 5.74) is 4.33. The van der Waals surface area contributed by atoms with Crippen molar-refractivity contribution in [3.05, 3.63) is 196 Å². The molecule has 2 aromatic heterocycles. The lowest BCUT2D eigenvalue weighted by molar-refractivity contribution is -0.148. The summed E-state index contributed by atoms with van der Waals surface area (Å²) in [6.07, 6.45) is 19.2. The van der Waals surface area contributed by atoms with Gasteiger partial charge in [-0.05, 0) is 110 Å². The number of ether oxygens (including phenoxy) is 2. The fourth-order valence-corrected chi connectivity index (χ4v) is 13.8. The molecule has 0 aliphatic carbocycles. The monoisotopic (exact) mass is 1290 g/mol. The van der Waals surface area contributed by atoms with Crippen LogP contribution in [0.15, 0.2) is 132 Å². The average molecular weight is 1290 g/mol. The molecule has 0 saturated heterocycles. The first-order chi connectivity index (χ1) is 43.1. The highest BCUT2D eigenvalue weighted by atomic mass is 35.5. The van der Waals surface area contributed by atoms with Crippen molar-refractivity contribution < 1.29 is 59.0 Å². The molecule has 0 amide bonds. The maximum absolute atomic E-state index is 12.3. The highest BCUT2D eigenvalue weighted by Crippen LogP contribution is 2.40. The molecule has 10 rings (SSSR count). The first-order valence-corrected chi connectivity index (χ1v) is 33.0. The number of halogens is 2. The number of rotatable bonds is 24. The third-order valence-electron chi connectivity index (χ3n) is 16.2. The smallest absolute Gasteiger partial charge is 0.339 e. The number of esters is 2. The van der Waals surface area contributed by atoms with Gasteiger partial charge in [-0.25, -0.2) is 19.2 Å². The topological polar surface area (TPSA) is 211 Å². The molecule has 2 atom stereocenters. The minimum Gasteiger partial charge on any atom is -0.507 e. The number of benzene rings is 6. The van der Waals surface area contributed by atoms with Crippen LogP contribution in [0.5, 0.6) is 11.5 Å². The van der Waals surface area contributed by atoms with Crippen LogP contribution in [0.2, 0.25) is 10.0 Å². The van der Waals surface area contributed by atoms with Gasteiger partial charge in [0.15, 0.2) is 0 Å². The van der Waals surface area contributed by atoms with Crippen molar-refractivity contribution in [2.75, 3.05) is 27.3 Å². The predicted molar refractivity (Wildman–Crippen MR) is 355 cm³/mol. The zero-order valence-corrected chi connectivity index (χ0v) is 53.9. The van der Waals surface area contributed by atoms with Crippen LogP contribution in [0.1, 0.15) is 173 Å². The van der Waals surface area contributed by atoms with Crippen LogP contribution in [0.25, 0.3) is 21.5 Å². The van der Waals surface area contributed by atoms with Crippen LogP contribution in [0.3, 0.4) is 0 Å². The van der Waals surface area contributed by atoms with Crippen molar-refractivity contribution in [1.29, 1.82) is 0 Å². The number of unbranched alkanes of at least 4 members (excludes halogenated alkanes) is 12. The zero-order chi connectivity index (χ0) is 63.8. The molecule has 0 saturated carbocycles. The number of fused-ring (bicyclic) bond motifs is 4. The van der Waals surface area contributed by atoms with Crippen LogP contribution in [0, 0.1) is 0 Å². The lowest BCUT2D eigenvalue weighted by Crippen LogP contribution is -2.38. The number of aliphatic carboxylic acids is 1. The zero-order valence-electron chi connectivity index (χ0n) is 50.8. The van der Waals surface area contributed by atoms with E-state index in [1.165, 1.54) is 118 Å². The van der Waals surface area contributed by atoms with Crippen LogP contribution < -0.4 is 0 Å². The second-order valence-corrected chi connectivity index (χ2v) is 25.0. The summed E-state index contributed by atoms with van der Waals surface area (Å²) >= 11 is 16.1. The lowest BCUT2D eigenvalue weighted by Gasteiger charge is -2.33. The van der Waals surface area contributed by atoms with Gasteiger partial charge in [-0.3, -0.25) is 14.6 Å². The van der Waals surface area contributed by atoms with Crippen LogP contribution in [-0.2, 0) is 56.2 Å².